The molecule has 18 heavy (non-hydrogen) atoms. The van der Waals surface area contributed by atoms with E-state index in [1.165, 1.54) is 0 Å². The van der Waals surface area contributed by atoms with E-state index in [1.807, 2.05) is 0 Å². The van der Waals surface area contributed by atoms with Crippen molar-refractivity contribution in [3.63, 3.8) is 0 Å². The average Bonchev–Trinajstić information content (AvgIpc) is 2.34. The van der Waals surface area contributed by atoms with Gasteiger partial charge in [-0.1, -0.05) is 0 Å². The molecule has 0 aliphatic carbocycles. The van der Waals surface area contributed by atoms with Crippen LogP contribution >= 0.6 is 0 Å². The van der Waals surface area contributed by atoms with Gasteiger partial charge in [-0.15, -0.1) is 0 Å². The van der Waals surface area contributed by atoms with E-state index in [2.05, 4.69) is 0 Å². The average molecular weight is 256 g/mol. The molecule has 92 valence electrons. The molecule has 1 aliphatic heterocycles. The van der Waals surface area contributed by atoms with E-state index >= 15 is 0 Å². The van der Waals surface area contributed by atoms with Gasteiger partial charge in [0.2, 0.25) is 11.5 Å². The molecule has 0 saturated heterocycles. The van der Waals surface area contributed by atoms with Crippen LogP contribution in [0.25, 0.3) is 0 Å². The molecule has 0 saturated carbocycles. The second-order valence-corrected chi connectivity index (χ2v) is 3.60. The maximum absolute atomic E-state index is 13.4. The number of ether oxygens (including phenoxy) is 2. The Balaban J connectivity index is 2.17. The molecule has 0 fully saturated rings. The minimum absolute atomic E-state index is 0.217. The van der Waals surface area contributed by atoms with E-state index in [9.17, 15) is 17.6 Å². The fourth-order valence-electron chi connectivity index (χ4n) is 1.59. The molecule has 3 rings (SSSR count). The van der Waals surface area contributed by atoms with Crippen LogP contribution in [-0.4, -0.2) is 0 Å². The molecule has 2 aromatic carbocycles. The van der Waals surface area contributed by atoms with E-state index < -0.39 is 34.8 Å². The fraction of sp³-hybridized carbons (Fsp3) is 0. The van der Waals surface area contributed by atoms with Crippen molar-refractivity contribution < 1.29 is 27.0 Å². The Kier molecular flexibility index (Phi) is 2.19. The Morgan fingerprint density at radius 3 is 1.39 bits per heavy atom. The number of benzene rings is 2. The molecule has 0 aromatic heterocycles. The first-order valence-corrected chi connectivity index (χ1v) is 4.89. The Labute approximate surface area is 98.4 Å². The standard InChI is InChI=1S/C12H4F4O2/c13-5-1-2-6(14)12-11(5)17-9-3-7(15)8(16)4-10(9)18-12/h1-4H. The largest absolute Gasteiger partial charge is 0.446 e. The number of hydrogen-bond acceptors (Lipinski definition) is 2. The van der Waals surface area contributed by atoms with Gasteiger partial charge in [0, 0.05) is 12.1 Å². The third kappa shape index (κ3) is 1.49. The fourth-order valence-corrected chi connectivity index (χ4v) is 1.59. The number of hydrogen-bond donors (Lipinski definition) is 0. The molecular weight excluding hydrogens is 252 g/mol. The van der Waals surface area contributed by atoms with Crippen LogP contribution < -0.4 is 9.47 Å². The minimum atomic E-state index is -1.17. The third-order valence-corrected chi connectivity index (χ3v) is 2.43. The number of fused-ring (bicyclic) bond motifs is 2. The molecule has 0 N–H and O–H groups in total. The van der Waals surface area contributed by atoms with Gasteiger partial charge in [-0.25, -0.2) is 17.6 Å². The number of halogens is 4. The zero-order valence-electron chi connectivity index (χ0n) is 8.64. The van der Waals surface area contributed by atoms with Crippen molar-refractivity contribution in [2.24, 2.45) is 0 Å². The highest BCUT2D eigenvalue weighted by Crippen LogP contribution is 2.48. The Hall–Kier alpha value is -2.24. The summed E-state index contributed by atoms with van der Waals surface area (Å²) in [4.78, 5) is 0. The van der Waals surface area contributed by atoms with Gasteiger partial charge in [0.15, 0.2) is 34.8 Å². The summed E-state index contributed by atoms with van der Waals surface area (Å²) >= 11 is 0. The summed E-state index contributed by atoms with van der Waals surface area (Å²) < 4.78 is 62.7. The van der Waals surface area contributed by atoms with Gasteiger partial charge in [-0.3, -0.25) is 0 Å². The summed E-state index contributed by atoms with van der Waals surface area (Å²) in [6.45, 7) is 0. The van der Waals surface area contributed by atoms with Gasteiger partial charge >= 0.3 is 0 Å². The van der Waals surface area contributed by atoms with Gasteiger partial charge in [-0.05, 0) is 12.1 Å². The monoisotopic (exact) mass is 256 g/mol. The summed E-state index contributed by atoms with van der Waals surface area (Å²) in [6.07, 6.45) is 0. The van der Waals surface area contributed by atoms with Gasteiger partial charge in [0.05, 0.1) is 0 Å². The smallest absolute Gasteiger partial charge is 0.208 e. The van der Waals surface area contributed by atoms with Crippen LogP contribution in [0.2, 0.25) is 0 Å². The highest BCUT2D eigenvalue weighted by atomic mass is 19.2. The van der Waals surface area contributed by atoms with Crippen molar-refractivity contribution in [2.75, 3.05) is 0 Å². The molecule has 0 spiro atoms. The molecule has 2 aromatic rings. The lowest BCUT2D eigenvalue weighted by Gasteiger charge is -2.21. The van der Waals surface area contributed by atoms with Crippen molar-refractivity contribution in [1.82, 2.24) is 0 Å². The van der Waals surface area contributed by atoms with Crippen molar-refractivity contribution in [3.05, 3.63) is 47.5 Å². The topological polar surface area (TPSA) is 18.5 Å². The summed E-state index contributed by atoms with van der Waals surface area (Å²) in [7, 11) is 0. The summed E-state index contributed by atoms with van der Waals surface area (Å²) in [5, 5.41) is 0. The summed E-state index contributed by atoms with van der Waals surface area (Å²) in [6, 6.07) is 3.11. The molecule has 0 amide bonds. The highest BCUT2D eigenvalue weighted by molar-refractivity contribution is 5.55. The van der Waals surface area contributed by atoms with Gasteiger partial charge in [0.1, 0.15) is 0 Å². The van der Waals surface area contributed by atoms with Gasteiger partial charge in [0.25, 0.3) is 0 Å². The van der Waals surface area contributed by atoms with E-state index in [4.69, 9.17) is 9.47 Å². The van der Waals surface area contributed by atoms with Crippen LogP contribution in [0, 0.1) is 23.3 Å². The van der Waals surface area contributed by atoms with Crippen LogP contribution in [-0.2, 0) is 0 Å². The zero-order chi connectivity index (χ0) is 12.9. The first-order chi connectivity index (χ1) is 8.56. The van der Waals surface area contributed by atoms with Crippen molar-refractivity contribution in [2.45, 2.75) is 0 Å². The molecule has 0 atom stereocenters. The zero-order valence-corrected chi connectivity index (χ0v) is 8.64. The maximum atomic E-state index is 13.4. The van der Waals surface area contributed by atoms with E-state index in [0.29, 0.717) is 12.1 Å². The molecule has 0 radical (unpaired) electrons. The molecule has 2 nitrogen and oxygen atoms in total. The Bertz CT molecular complexity index is 599. The highest BCUT2D eigenvalue weighted by Gasteiger charge is 2.27. The molecule has 1 heterocycles. The predicted octanol–water partition coefficient (Wildman–Crippen LogP) is 4.14. The summed E-state index contributed by atoms with van der Waals surface area (Å²) in [5.74, 6) is -5.47. The normalized spacial score (nSPS) is 12.2. The van der Waals surface area contributed by atoms with Gasteiger partial charge < -0.3 is 9.47 Å². The van der Waals surface area contributed by atoms with Gasteiger partial charge in [-0.2, -0.15) is 0 Å². The molecule has 6 heteroatoms. The van der Waals surface area contributed by atoms with E-state index in [1.54, 1.807) is 0 Å². The molecular formula is C12H4F4O2. The van der Waals surface area contributed by atoms with Crippen LogP contribution in [0.15, 0.2) is 24.3 Å². The summed E-state index contributed by atoms with van der Waals surface area (Å²) in [5.41, 5.74) is 0. The van der Waals surface area contributed by atoms with Crippen LogP contribution in [0.1, 0.15) is 0 Å². The first-order valence-electron chi connectivity index (χ1n) is 4.89. The quantitative estimate of drug-likeness (QED) is 0.563. The van der Waals surface area contributed by atoms with Crippen molar-refractivity contribution >= 4 is 0 Å². The van der Waals surface area contributed by atoms with Crippen molar-refractivity contribution in [1.29, 1.82) is 0 Å². The lowest BCUT2D eigenvalue weighted by atomic mass is 10.2. The second kappa shape index (κ2) is 3.63. The molecule has 0 unspecified atom stereocenters. The van der Waals surface area contributed by atoms with E-state index in [-0.39, 0.29) is 11.5 Å². The molecule has 0 bridgehead atoms. The van der Waals surface area contributed by atoms with Crippen LogP contribution in [0.3, 0.4) is 0 Å². The molecule has 1 aliphatic rings. The van der Waals surface area contributed by atoms with E-state index in [0.717, 1.165) is 12.1 Å². The lowest BCUT2D eigenvalue weighted by Crippen LogP contribution is -2.04. The number of rotatable bonds is 0. The second-order valence-electron chi connectivity index (χ2n) is 3.60. The van der Waals surface area contributed by atoms with Crippen LogP contribution in [0.5, 0.6) is 23.0 Å². The van der Waals surface area contributed by atoms with Crippen LogP contribution in [0.4, 0.5) is 17.6 Å². The Morgan fingerprint density at radius 1 is 0.611 bits per heavy atom. The van der Waals surface area contributed by atoms with Crippen molar-refractivity contribution in [3.8, 4) is 23.0 Å². The lowest BCUT2D eigenvalue weighted by molar-refractivity contribution is 0.321. The minimum Gasteiger partial charge on any atom is -0.446 e. The predicted molar refractivity (Wildman–Crippen MR) is 52.9 cm³/mol. The maximum Gasteiger partial charge on any atom is 0.208 e. The first kappa shape index (κ1) is 10.9. The Morgan fingerprint density at radius 2 is 1.00 bits per heavy atom. The SMILES string of the molecule is Fc1cc2c(cc1F)Oc1c(F)ccc(F)c1O2. The third-order valence-electron chi connectivity index (χ3n) is 2.43.